The molecule has 0 aliphatic heterocycles. The number of carbonyl (C=O) groups excluding carboxylic acids is 2. The lowest BCUT2D eigenvalue weighted by Crippen LogP contribution is -2.09. The first-order valence-electron chi connectivity index (χ1n) is 8.63. The first-order valence-corrected chi connectivity index (χ1v) is 9.01. The number of nitrogens with zero attached hydrogens (tertiary/aromatic N) is 2. The lowest BCUT2D eigenvalue weighted by Gasteiger charge is -2.14. The molecule has 0 amide bonds. The van der Waals surface area contributed by atoms with Crippen molar-refractivity contribution in [1.29, 1.82) is 0 Å². The maximum Gasteiger partial charge on any atom is 0.337 e. The van der Waals surface area contributed by atoms with Crippen molar-refractivity contribution in [2.24, 2.45) is 0 Å². The molecule has 3 rings (SSSR count). The molecular weight excluding hydrogens is 410 g/mol. The molecule has 2 aromatic carbocycles. The summed E-state index contributed by atoms with van der Waals surface area (Å²) < 4.78 is 9.48. The third-order valence-electron chi connectivity index (χ3n) is 4.01. The molecule has 0 saturated carbocycles. The second-order valence-electron chi connectivity index (χ2n) is 6.03. The van der Waals surface area contributed by atoms with E-state index in [2.05, 4.69) is 20.6 Å². The van der Waals surface area contributed by atoms with E-state index < -0.39 is 11.9 Å². The molecule has 0 saturated heterocycles. The van der Waals surface area contributed by atoms with Gasteiger partial charge in [-0.25, -0.2) is 19.6 Å². The smallest absolute Gasteiger partial charge is 0.337 e. The number of hydrogen-bond acceptors (Lipinski definition) is 9. The molecular formula is C20H18ClN5O4. The van der Waals surface area contributed by atoms with E-state index in [1.165, 1.54) is 38.7 Å². The lowest BCUT2D eigenvalue weighted by molar-refractivity contribution is 0.0599. The Balaban J connectivity index is 1.94. The summed E-state index contributed by atoms with van der Waals surface area (Å²) in [7, 11) is 2.49. The summed E-state index contributed by atoms with van der Waals surface area (Å²) in [6, 6.07) is 11.4. The minimum absolute atomic E-state index is 0.160. The number of nitrogens with two attached hydrogens (primary N) is 1. The number of rotatable bonds is 6. The molecule has 0 radical (unpaired) electrons. The molecule has 154 valence electrons. The van der Waals surface area contributed by atoms with Gasteiger partial charge >= 0.3 is 11.9 Å². The maximum absolute atomic E-state index is 12.0. The fraction of sp³-hybridized carbons (Fsp3) is 0.100. The van der Waals surface area contributed by atoms with Crippen LogP contribution in [0.2, 0.25) is 5.02 Å². The summed E-state index contributed by atoms with van der Waals surface area (Å²) >= 11 is 6.00. The molecule has 0 bridgehead atoms. The number of nitrogen functional groups attached to an aromatic ring is 1. The number of aromatic nitrogens is 2. The second-order valence-corrected chi connectivity index (χ2v) is 6.46. The van der Waals surface area contributed by atoms with Crippen LogP contribution in [0.15, 0.2) is 48.8 Å². The number of benzene rings is 2. The number of ether oxygens (including phenoxy) is 2. The van der Waals surface area contributed by atoms with Gasteiger partial charge in [0.15, 0.2) is 11.6 Å². The molecule has 3 aromatic rings. The number of nitrogens with one attached hydrogen (secondary N) is 2. The Hall–Kier alpha value is -3.85. The van der Waals surface area contributed by atoms with Gasteiger partial charge in [-0.2, -0.15) is 0 Å². The molecule has 0 aliphatic carbocycles. The topological polar surface area (TPSA) is 128 Å². The Morgan fingerprint density at radius 2 is 1.47 bits per heavy atom. The van der Waals surface area contributed by atoms with E-state index in [1.807, 2.05) is 6.07 Å². The van der Waals surface area contributed by atoms with Gasteiger partial charge in [0.25, 0.3) is 0 Å². The Morgan fingerprint density at radius 3 is 2.00 bits per heavy atom. The first-order chi connectivity index (χ1) is 14.4. The summed E-state index contributed by atoms with van der Waals surface area (Å²) in [5.41, 5.74) is 7.82. The van der Waals surface area contributed by atoms with E-state index in [1.54, 1.807) is 18.2 Å². The van der Waals surface area contributed by atoms with Gasteiger partial charge < -0.3 is 25.8 Å². The predicted octanol–water partition coefficient (Wildman–Crippen LogP) is 3.77. The van der Waals surface area contributed by atoms with Crippen LogP contribution < -0.4 is 16.4 Å². The maximum atomic E-state index is 12.0. The Morgan fingerprint density at radius 1 is 0.900 bits per heavy atom. The molecule has 1 heterocycles. The van der Waals surface area contributed by atoms with E-state index >= 15 is 0 Å². The van der Waals surface area contributed by atoms with Crippen LogP contribution in [0.5, 0.6) is 0 Å². The van der Waals surface area contributed by atoms with E-state index in [0.29, 0.717) is 22.2 Å². The zero-order valence-electron chi connectivity index (χ0n) is 16.1. The average Bonchev–Trinajstić information content (AvgIpc) is 2.75. The van der Waals surface area contributed by atoms with Crippen molar-refractivity contribution in [2.45, 2.75) is 0 Å². The quantitative estimate of drug-likeness (QED) is 0.503. The molecule has 0 fully saturated rings. The van der Waals surface area contributed by atoms with E-state index in [4.69, 9.17) is 26.8 Å². The van der Waals surface area contributed by atoms with Crippen LogP contribution in [0.25, 0.3) is 0 Å². The van der Waals surface area contributed by atoms with Crippen LogP contribution in [0.4, 0.5) is 28.7 Å². The van der Waals surface area contributed by atoms with Crippen LogP contribution in [-0.2, 0) is 9.47 Å². The van der Waals surface area contributed by atoms with Crippen molar-refractivity contribution in [3.63, 3.8) is 0 Å². The van der Waals surface area contributed by atoms with Crippen molar-refractivity contribution in [3.8, 4) is 0 Å². The van der Waals surface area contributed by atoms with Gasteiger partial charge in [-0.3, -0.25) is 0 Å². The normalized spacial score (nSPS) is 10.2. The zero-order chi connectivity index (χ0) is 21.7. The second kappa shape index (κ2) is 9.10. The van der Waals surface area contributed by atoms with Gasteiger partial charge in [0.1, 0.15) is 12.0 Å². The molecule has 0 spiro atoms. The van der Waals surface area contributed by atoms with Crippen LogP contribution in [0, 0.1) is 0 Å². The molecule has 1 aromatic heterocycles. The number of methoxy groups -OCH3 is 2. The van der Waals surface area contributed by atoms with Crippen molar-refractivity contribution < 1.29 is 19.1 Å². The number of anilines is 5. The summed E-state index contributed by atoms with van der Waals surface area (Å²) in [6.45, 7) is 0. The molecule has 0 aliphatic rings. The zero-order valence-corrected chi connectivity index (χ0v) is 16.9. The van der Waals surface area contributed by atoms with E-state index in [9.17, 15) is 9.59 Å². The average molecular weight is 428 g/mol. The predicted molar refractivity (Wildman–Crippen MR) is 114 cm³/mol. The highest BCUT2D eigenvalue weighted by Crippen LogP contribution is 2.29. The van der Waals surface area contributed by atoms with Crippen molar-refractivity contribution in [3.05, 3.63) is 64.9 Å². The summed E-state index contributed by atoms with van der Waals surface area (Å²) in [4.78, 5) is 32.2. The molecule has 4 N–H and O–H groups in total. The van der Waals surface area contributed by atoms with Crippen molar-refractivity contribution in [2.75, 3.05) is 30.6 Å². The highest BCUT2D eigenvalue weighted by Gasteiger charge is 2.15. The molecule has 30 heavy (non-hydrogen) atoms. The van der Waals surface area contributed by atoms with Crippen LogP contribution in [-0.4, -0.2) is 36.1 Å². The number of carbonyl (C=O) groups is 2. The SMILES string of the molecule is COC(=O)c1cc(Nc2ncnc(Nc3cccc(Cl)c3)c2N)cc(C(=O)OC)c1. The van der Waals surface area contributed by atoms with Crippen molar-refractivity contribution in [1.82, 2.24) is 9.97 Å². The van der Waals surface area contributed by atoms with Gasteiger partial charge in [0.2, 0.25) is 0 Å². The fourth-order valence-corrected chi connectivity index (χ4v) is 2.80. The first kappa shape index (κ1) is 20.9. The Kier molecular flexibility index (Phi) is 6.33. The van der Waals surface area contributed by atoms with Crippen LogP contribution in [0.1, 0.15) is 20.7 Å². The van der Waals surface area contributed by atoms with Crippen LogP contribution in [0.3, 0.4) is 0 Å². The van der Waals surface area contributed by atoms with Crippen molar-refractivity contribution >= 4 is 52.2 Å². The molecule has 10 heteroatoms. The number of esters is 2. The van der Waals surface area contributed by atoms with E-state index in [0.717, 1.165) is 0 Å². The summed E-state index contributed by atoms with van der Waals surface area (Å²) in [5, 5.41) is 6.62. The lowest BCUT2D eigenvalue weighted by atomic mass is 10.1. The Labute approximate surface area is 177 Å². The molecule has 9 nitrogen and oxygen atoms in total. The highest BCUT2D eigenvalue weighted by atomic mass is 35.5. The van der Waals surface area contributed by atoms with Gasteiger partial charge in [0.05, 0.1) is 25.3 Å². The van der Waals surface area contributed by atoms with Gasteiger partial charge in [-0.15, -0.1) is 0 Å². The molecule has 0 unspecified atom stereocenters. The monoisotopic (exact) mass is 427 g/mol. The fourth-order valence-electron chi connectivity index (χ4n) is 2.61. The summed E-state index contributed by atoms with van der Waals surface area (Å²) in [5.74, 6) is -0.593. The minimum Gasteiger partial charge on any atom is -0.465 e. The molecule has 0 atom stereocenters. The number of hydrogen-bond donors (Lipinski definition) is 3. The summed E-state index contributed by atoms with van der Waals surface area (Å²) in [6.07, 6.45) is 1.32. The third kappa shape index (κ3) is 4.76. The minimum atomic E-state index is -0.609. The van der Waals surface area contributed by atoms with Gasteiger partial charge in [0, 0.05) is 16.4 Å². The third-order valence-corrected chi connectivity index (χ3v) is 4.24. The van der Waals surface area contributed by atoms with Gasteiger partial charge in [-0.1, -0.05) is 17.7 Å². The standard InChI is InChI=1S/C20H18ClN5O4/c1-29-19(27)11-6-12(20(28)30-2)8-15(7-11)26-18-16(22)17(23-10-24-18)25-14-5-3-4-13(21)9-14/h3-10H,22H2,1-2H3,(H2,23,24,25,26). The van der Waals surface area contributed by atoms with E-state index in [-0.39, 0.29) is 22.6 Å². The van der Waals surface area contributed by atoms with Gasteiger partial charge in [-0.05, 0) is 36.4 Å². The largest absolute Gasteiger partial charge is 0.465 e. The van der Waals surface area contributed by atoms with Crippen LogP contribution >= 0.6 is 11.6 Å². The number of halogens is 1. The highest BCUT2D eigenvalue weighted by molar-refractivity contribution is 6.30. The Bertz CT molecular complexity index is 1070.